The van der Waals surface area contributed by atoms with Crippen molar-refractivity contribution < 1.29 is 5.11 Å². The quantitative estimate of drug-likeness (QED) is 0.863. The van der Waals surface area contributed by atoms with E-state index in [1.54, 1.807) is 0 Å². The van der Waals surface area contributed by atoms with Gasteiger partial charge >= 0.3 is 0 Å². The highest BCUT2D eigenvalue weighted by Gasteiger charge is 2.25. The first-order valence-electron chi connectivity index (χ1n) is 6.56. The van der Waals surface area contributed by atoms with E-state index >= 15 is 0 Å². The Morgan fingerprint density at radius 1 is 1.50 bits per heavy atom. The fourth-order valence-electron chi connectivity index (χ4n) is 2.39. The van der Waals surface area contributed by atoms with Crippen LogP contribution in [-0.2, 0) is 0 Å². The van der Waals surface area contributed by atoms with Crippen LogP contribution >= 0.6 is 11.6 Å². The number of rotatable bonds is 5. The zero-order valence-corrected chi connectivity index (χ0v) is 11.5. The Kier molecular flexibility index (Phi) is 4.49. The molecule has 0 radical (unpaired) electrons. The number of hydrogen-bond donors (Lipinski definition) is 2. The van der Waals surface area contributed by atoms with Crippen molar-refractivity contribution in [2.75, 3.05) is 18.1 Å². The van der Waals surface area contributed by atoms with Gasteiger partial charge in [0.15, 0.2) is 0 Å². The number of benzene rings is 1. The van der Waals surface area contributed by atoms with Crippen molar-refractivity contribution in [2.24, 2.45) is 5.73 Å². The minimum absolute atomic E-state index is 0.0541. The number of hydrogen-bond acceptors (Lipinski definition) is 3. The van der Waals surface area contributed by atoms with Crippen LogP contribution in [0.2, 0.25) is 5.02 Å². The molecule has 3 N–H and O–H groups in total. The molecule has 18 heavy (non-hydrogen) atoms. The molecule has 0 bridgehead atoms. The smallest absolute Gasteiger partial charge is 0.0606 e. The Morgan fingerprint density at radius 2 is 2.22 bits per heavy atom. The van der Waals surface area contributed by atoms with Gasteiger partial charge in [0.1, 0.15) is 0 Å². The van der Waals surface area contributed by atoms with E-state index in [1.807, 2.05) is 19.1 Å². The summed E-state index contributed by atoms with van der Waals surface area (Å²) in [7, 11) is 0. The fraction of sp³-hybridized carbons (Fsp3) is 0.571. The molecule has 0 aliphatic heterocycles. The number of nitrogens with two attached hydrogens (primary N) is 1. The second-order valence-corrected chi connectivity index (χ2v) is 5.40. The van der Waals surface area contributed by atoms with Gasteiger partial charge in [-0.05, 0) is 43.9 Å². The lowest BCUT2D eigenvalue weighted by Crippen LogP contribution is -2.42. The van der Waals surface area contributed by atoms with Gasteiger partial charge in [-0.3, -0.25) is 0 Å². The molecule has 1 aliphatic carbocycles. The Balaban J connectivity index is 2.22. The molecule has 0 heterocycles. The molecule has 1 saturated carbocycles. The maximum Gasteiger partial charge on any atom is 0.0606 e. The molecule has 100 valence electrons. The highest BCUT2D eigenvalue weighted by atomic mass is 35.5. The van der Waals surface area contributed by atoms with Gasteiger partial charge in [0.2, 0.25) is 0 Å². The summed E-state index contributed by atoms with van der Waals surface area (Å²) in [5, 5.41) is 9.90. The number of aliphatic hydroxyl groups is 1. The van der Waals surface area contributed by atoms with E-state index in [1.165, 1.54) is 19.3 Å². The lowest BCUT2D eigenvalue weighted by atomic mass is 9.91. The van der Waals surface area contributed by atoms with Gasteiger partial charge in [0.05, 0.1) is 6.61 Å². The van der Waals surface area contributed by atoms with E-state index in [0.29, 0.717) is 17.6 Å². The van der Waals surface area contributed by atoms with Crippen molar-refractivity contribution in [1.82, 2.24) is 0 Å². The van der Waals surface area contributed by atoms with Crippen LogP contribution in [0.4, 0.5) is 5.69 Å². The predicted molar refractivity (Wildman–Crippen MR) is 76.1 cm³/mol. The normalized spacial score (nSPS) is 17.3. The molecular formula is C14H21ClN2O. The third-order valence-corrected chi connectivity index (χ3v) is 3.99. The van der Waals surface area contributed by atoms with E-state index in [4.69, 9.17) is 17.3 Å². The SMILES string of the molecule is CC(N)c1ccc(N(CCO)C2CCC2)cc1Cl. The summed E-state index contributed by atoms with van der Waals surface area (Å²) in [5.74, 6) is 0. The zero-order chi connectivity index (χ0) is 13.1. The summed E-state index contributed by atoms with van der Waals surface area (Å²) in [6.07, 6.45) is 3.68. The molecule has 3 nitrogen and oxygen atoms in total. The average Bonchev–Trinajstić information content (AvgIpc) is 2.25. The zero-order valence-electron chi connectivity index (χ0n) is 10.8. The molecule has 0 amide bonds. The summed E-state index contributed by atoms with van der Waals surface area (Å²) in [5.41, 5.74) is 7.92. The lowest BCUT2D eigenvalue weighted by Gasteiger charge is -2.39. The molecule has 1 aliphatic rings. The number of nitrogens with zero attached hydrogens (tertiary/aromatic N) is 1. The molecule has 0 aromatic heterocycles. The Morgan fingerprint density at radius 3 is 2.67 bits per heavy atom. The van der Waals surface area contributed by atoms with Crippen molar-refractivity contribution in [3.8, 4) is 0 Å². The van der Waals surface area contributed by atoms with Crippen molar-refractivity contribution in [1.29, 1.82) is 0 Å². The van der Waals surface area contributed by atoms with Crippen LogP contribution in [0, 0.1) is 0 Å². The summed E-state index contributed by atoms with van der Waals surface area (Å²) in [6, 6.07) is 6.51. The summed E-state index contributed by atoms with van der Waals surface area (Å²) in [4.78, 5) is 2.25. The van der Waals surface area contributed by atoms with Gasteiger partial charge in [0, 0.05) is 29.3 Å². The monoisotopic (exact) mass is 268 g/mol. The van der Waals surface area contributed by atoms with Gasteiger partial charge in [0.25, 0.3) is 0 Å². The standard InChI is InChI=1S/C14H21ClN2O/c1-10(16)13-6-5-12(9-14(13)15)17(7-8-18)11-3-2-4-11/h5-6,9-11,18H,2-4,7-8,16H2,1H3. The van der Waals surface area contributed by atoms with Gasteiger partial charge < -0.3 is 15.7 Å². The van der Waals surface area contributed by atoms with Crippen molar-refractivity contribution in [2.45, 2.75) is 38.3 Å². The number of aliphatic hydroxyl groups excluding tert-OH is 1. The molecule has 1 unspecified atom stereocenters. The first-order chi connectivity index (χ1) is 8.63. The van der Waals surface area contributed by atoms with E-state index in [-0.39, 0.29) is 12.6 Å². The molecule has 2 rings (SSSR count). The third kappa shape index (κ3) is 2.79. The average molecular weight is 269 g/mol. The molecule has 0 spiro atoms. The molecule has 1 aromatic carbocycles. The predicted octanol–water partition coefficient (Wildman–Crippen LogP) is 2.71. The lowest BCUT2D eigenvalue weighted by molar-refractivity contribution is 0.283. The summed E-state index contributed by atoms with van der Waals surface area (Å²) < 4.78 is 0. The maximum absolute atomic E-state index is 9.18. The van der Waals surface area contributed by atoms with Gasteiger partial charge in [-0.2, -0.15) is 0 Å². The van der Waals surface area contributed by atoms with E-state index in [9.17, 15) is 5.11 Å². The van der Waals surface area contributed by atoms with E-state index in [2.05, 4.69) is 11.0 Å². The second-order valence-electron chi connectivity index (χ2n) is 5.00. The third-order valence-electron chi connectivity index (χ3n) is 3.66. The second kappa shape index (κ2) is 5.91. The molecule has 1 aromatic rings. The molecule has 4 heteroatoms. The number of halogens is 1. The van der Waals surface area contributed by atoms with Crippen LogP contribution in [-0.4, -0.2) is 24.3 Å². The van der Waals surface area contributed by atoms with Crippen LogP contribution < -0.4 is 10.6 Å². The minimum Gasteiger partial charge on any atom is -0.395 e. The first kappa shape index (κ1) is 13.7. The Bertz CT molecular complexity index is 405. The Labute approximate surface area is 114 Å². The maximum atomic E-state index is 9.18. The topological polar surface area (TPSA) is 49.5 Å². The van der Waals surface area contributed by atoms with Crippen LogP contribution in [0.25, 0.3) is 0 Å². The minimum atomic E-state index is -0.0541. The molecule has 0 saturated heterocycles. The molecule has 1 fully saturated rings. The van der Waals surface area contributed by atoms with Crippen molar-refractivity contribution in [3.63, 3.8) is 0 Å². The van der Waals surface area contributed by atoms with E-state index in [0.717, 1.165) is 11.3 Å². The highest BCUT2D eigenvalue weighted by molar-refractivity contribution is 6.31. The highest BCUT2D eigenvalue weighted by Crippen LogP contribution is 2.32. The van der Waals surface area contributed by atoms with Gasteiger partial charge in [-0.15, -0.1) is 0 Å². The van der Waals surface area contributed by atoms with Crippen molar-refractivity contribution >= 4 is 17.3 Å². The largest absolute Gasteiger partial charge is 0.395 e. The molecular weight excluding hydrogens is 248 g/mol. The Hall–Kier alpha value is -0.770. The molecule has 1 atom stereocenters. The first-order valence-corrected chi connectivity index (χ1v) is 6.94. The fourth-order valence-corrected chi connectivity index (χ4v) is 2.74. The van der Waals surface area contributed by atoms with Crippen LogP contribution in [0.1, 0.15) is 37.8 Å². The van der Waals surface area contributed by atoms with Gasteiger partial charge in [-0.1, -0.05) is 17.7 Å². The van der Waals surface area contributed by atoms with E-state index < -0.39 is 0 Å². The van der Waals surface area contributed by atoms with Crippen LogP contribution in [0.5, 0.6) is 0 Å². The summed E-state index contributed by atoms with van der Waals surface area (Å²) >= 11 is 6.27. The summed E-state index contributed by atoms with van der Waals surface area (Å²) in [6.45, 7) is 2.76. The van der Waals surface area contributed by atoms with Crippen molar-refractivity contribution in [3.05, 3.63) is 28.8 Å². The van der Waals surface area contributed by atoms with Crippen LogP contribution in [0.3, 0.4) is 0 Å². The van der Waals surface area contributed by atoms with Crippen LogP contribution in [0.15, 0.2) is 18.2 Å². The van der Waals surface area contributed by atoms with Gasteiger partial charge in [-0.25, -0.2) is 0 Å². The number of anilines is 1.